The molecule has 1 N–H and O–H groups in total. The Bertz CT molecular complexity index is 913. The van der Waals surface area contributed by atoms with Crippen LogP contribution in [0, 0.1) is 0 Å². The second-order valence-corrected chi connectivity index (χ2v) is 6.84. The van der Waals surface area contributed by atoms with Crippen LogP contribution in [0.25, 0.3) is 0 Å². The summed E-state index contributed by atoms with van der Waals surface area (Å²) < 4.78 is 17.0. The van der Waals surface area contributed by atoms with Crippen molar-refractivity contribution < 1.29 is 23.8 Å². The fourth-order valence-corrected chi connectivity index (χ4v) is 3.39. The van der Waals surface area contributed by atoms with Crippen molar-refractivity contribution in [1.29, 1.82) is 0 Å². The summed E-state index contributed by atoms with van der Waals surface area (Å²) in [5.74, 6) is 1.50. The number of hydrogen-bond donors (Lipinski definition) is 1. The highest BCUT2D eigenvalue weighted by atomic mass is 16.6. The first kappa shape index (κ1) is 18.2. The highest BCUT2D eigenvalue weighted by molar-refractivity contribution is 5.95. The molecule has 7 nitrogen and oxygen atoms in total. The van der Waals surface area contributed by atoms with Crippen LogP contribution < -0.4 is 24.4 Å². The lowest BCUT2D eigenvalue weighted by molar-refractivity contribution is -0.129. The second-order valence-electron chi connectivity index (χ2n) is 6.84. The highest BCUT2D eigenvalue weighted by Gasteiger charge is 2.33. The van der Waals surface area contributed by atoms with Gasteiger partial charge in [0.1, 0.15) is 19.0 Å². The fourth-order valence-electron chi connectivity index (χ4n) is 3.39. The third-order valence-electron chi connectivity index (χ3n) is 4.87. The number of nitrogens with zero attached hydrogens (tertiary/aromatic N) is 1. The number of amides is 2. The summed E-state index contributed by atoms with van der Waals surface area (Å²) in [5, 5.41) is 2.96. The van der Waals surface area contributed by atoms with Crippen molar-refractivity contribution in [2.45, 2.75) is 26.0 Å². The van der Waals surface area contributed by atoms with Gasteiger partial charge in [-0.25, -0.2) is 0 Å². The van der Waals surface area contributed by atoms with Crippen molar-refractivity contribution in [1.82, 2.24) is 5.32 Å². The molecular formula is C21H22N2O5. The van der Waals surface area contributed by atoms with Crippen molar-refractivity contribution in [3.63, 3.8) is 0 Å². The topological polar surface area (TPSA) is 77.1 Å². The highest BCUT2D eigenvalue weighted by Crippen LogP contribution is 2.34. The van der Waals surface area contributed by atoms with Gasteiger partial charge in [0.05, 0.1) is 18.3 Å². The fraction of sp³-hybridized carbons (Fsp3) is 0.333. The Morgan fingerprint density at radius 2 is 1.82 bits per heavy atom. The minimum atomic E-state index is -0.779. The van der Waals surface area contributed by atoms with Crippen LogP contribution in [0.2, 0.25) is 0 Å². The maximum atomic E-state index is 12.8. The van der Waals surface area contributed by atoms with Crippen LogP contribution in [0.4, 0.5) is 5.69 Å². The molecule has 2 aliphatic rings. The first-order valence-corrected chi connectivity index (χ1v) is 9.26. The van der Waals surface area contributed by atoms with E-state index >= 15 is 0 Å². The van der Waals surface area contributed by atoms with Crippen molar-refractivity contribution in [2.75, 3.05) is 24.7 Å². The molecule has 0 bridgehead atoms. The van der Waals surface area contributed by atoms with Crippen LogP contribution in [-0.2, 0) is 9.59 Å². The molecule has 2 amide bonds. The molecule has 0 aromatic heterocycles. The molecule has 2 aliphatic heterocycles. The Labute approximate surface area is 163 Å². The number of benzene rings is 2. The molecule has 0 saturated carbocycles. The third-order valence-corrected chi connectivity index (χ3v) is 4.87. The summed E-state index contributed by atoms with van der Waals surface area (Å²) >= 11 is 0. The van der Waals surface area contributed by atoms with Crippen LogP contribution in [0.15, 0.2) is 42.5 Å². The van der Waals surface area contributed by atoms with Gasteiger partial charge in [-0.1, -0.05) is 18.2 Å². The Hall–Kier alpha value is -3.22. The Kier molecular flexibility index (Phi) is 4.81. The summed E-state index contributed by atoms with van der Waals surface area (Å²) in [6, 6.07) is 12.6. The van der Waals surface area contributed by atoms with E-state index in [1.165, 1.54) is 6.92 Å². The van der Waals surface area contributed by atoms with Gasteiger partial charge in [-0.2, -0.15) is 0 Å². The van der Waals surface area contributed by atoms with Crippen LogP contribution in [-0.4, -0.2) is 37.7 Å². The van der Waals surface area contributed by atoms with E-state index in [4.69, 9.17) is 14.2 Å². The number of carbonyl (C=O) groups excluding carboxylic acids is 2. The number of nitrogens with one attached hydrogen (secondary N) is 1. The molecule has 0 fully saturated rings. The minimum Gasteiger partial charge on any atom is -0.486 e. The number of carbonyl (C=O) groups is 2. The van der Waals surface area contributed by atoms with Crippen LogP contribution in [0.3, 0.4) is 0 Å². The van der Waals surface area contributed by atoms with E-state index in [0.717, 1.165) is 5.56 Å². The number of hydrogen-bond acceptors (Lipinski definition) is 5. The zero-order valence-corrected chi connectivity index (χ0v) is 15.8. The van der Waals surface area contributed by atoms with Gasteiger partial charge >= 0.3 is 0 Å². The van der Waals surface area contributed by atoms with Gasteiger partial charge in [-0.05, 0) is 36.8 Å². The van der Waals surface area contributed by atoms with Gasteiger partial charge in [0.2, 0.25) is 5.91 Å². The number of rotatable bonds is 3. The maximum absolute atomic E-state index is 12.8. The number of para-hydroxylation sites is 2. The molecule has 7 heteroatoms. The minimum absolute atomic E-state index is 0.131. The maximum Gasteiger partial charge on any atom is 0.263 e. The van der Waals surface area contributed by atoms with Crippen molar-refractivity contribution in [3.8, 4) is 17.2 Å². The van der Waals surface area contributed by atoms with Crippen molar-refractivity contribution in [2.24, 2.45) is 0 Å². The molecule has 2 atom stereocenters. The zero-order valence-electron chi connectivity index (χ0n) is 15.8. The van der Waals surface area contributed by atoms with Gasteiger partial charge in [0.15, 0.2) is 17.6 Å². The lowest BCUT2D eigenvalue weighted by Gasteiger charge is -2.34. The lowest BCUT2D eigenvalue weighted by atomic mass is 10.1. The first-order chi connectivity index (χ1) is 13.5. The molecule has 2 aromatic carbocycles. The van der Waals surface area contributed by atoms with E-state index in [2.05, 4.69) is 5.32 Å². The summed E-state index contributed by atoms with van der Waals surface area (Å²) in [6.07, 6.45) is -0.779. The van der Waals surface area contributed by atoms with Crippen LogP contribution in [0.1, 0.15) is 25.5 Å². The van der Waals surface area contributed by atoms with E-state index in [-0.39, 0.29) is 24.4 Å². The third kappa shape index (κ3) is 3.47. The first-order valence-electron chi connectivity index (χ1n) is 9.26. The van der Waals surface area contributed by atoms with Crippen LogP contribution >= 0.6 is 0 Å². The molecule has 0 saturated heterocycles. The van der Waals surface area contributed by atoms with Crippen LogP contribution in [0.5, 0.6) is 17.2 Å². The molecule has 0 spiro atoms. The molecule has 0 aliphatic carbocycles. The molecule has 28 heavy (non-hydrogen) atoms. The monoisotopic (exact) mass is 382 g/mol. The van der Waals surface area contributed by atoms with Crippen molar-refractivity contribution in [3.05, 3.63) is 48.0 Å². The largest absolute Gasteiger partial charge is 0.486 e. The van der Waals surface area contributed by atoms with Crippen molar-refractivity contribution >= 4 is 17.5 Å². The SMILES string of the molecule is CC(=O)N1C[C@H](C(=O)N[C@H](C)c2ccc3c(c2)OCCO3)Oc2ccccc21. The van der Waals surface area contributed by atoms with Gasteiger partial charge in [0, 0.05) is 6.92 Å². The van der Waals surface area contributed by atoms with E-state index in [9.17, 15) is 9.59 Å². The summed E-state index contributed by atoms with van der Waals surface area (Å²) in [7, 11) is 0. The van der Waals surface area contributed by atoms with Gasteiger partial charge in [-0.15, -0.1) is 0 Å². The molecule has 2 heterocycles. The molecule has 146 valence electrons. The predicted molar refractivity (Wildman–Crippen MR) is 103 cm³/mol. The summed E-state index contributed by atoms with van der Waals surface area (Å²) in [5.41, 5.74) is 1.58. The Morgan fingerprint density at radius 3 is 2.61 bits per heavy atom. The molecule has 2 aromatic rings. The summed E-state index contributed by atoms with van der Waals surface area (Å²) in [6.45, 7) is 4.59. The molecule has 0 radical (unpaired) electrons. The normalized spacial score (nSPS) is 18.5. The van der Waals surface area contributed by atoms with E-state index in [1.54, 1.807) is 11.0 Å². The second kappa shape index (κ2) is 7.42. The van der Waals surface area contributed by atoms with E-state index in [0.29, 0.717) is 36.1 Å². The number of ether oxygens (including phenoxy) is 3. The number of anilines is 1. The lowest BCUT2D eigenvalue weighted by Crippen LogP contribution is -2.50. The average Bonchev–Trinajstić information content (AvgIpc) is 2.72. The van der Waals surface area contributed by atoms with Gasteiger partial charge < -0.3 is 24.4 Å². The summed E-state index contributed by atoms with van der Waals surface area (Å²) in [4.78, 5) is 26.4. The standard InChI is InChI=1S/C21H22N2O5/c1-13(15-7-8-18-19(11-15)27-10-9-26-18)22-21(25)20-12-23(14(2)24)16-5-3-4-6-17(16)28-20/h3-8,11,13,20H,9-10,12H2,1-2H3,(H,22,25)/t13-,20-/m1/s1. The number of fused-ring (bicyclic) bond motifs is 2. The van der Waals surface area contributed by atoms with E-state index < -0.39 is 6.10 Å². The molecule has 4 rings (SSSR count). The molecule has 0 unspecified atom stereocenters. The smallest absolute Gasteiger partial charge is 0.263 e. The van der Waals surface area contributed by atoms with Gasteiger partial charge in [0.25, 0.3) is 5.91 Å². The Morgan fingerprint density at radius 1 is 1.07 bits per heavy atom. The average molecular weight is 382 g/mol. The zero-order chi connectivity index (χ0) is 19.7. The Balaban J connectivity index is 1.48. The quantitative estimate of drug-likeness (QED) is 0.882. The van der Waals surface area contributed by atoms with E-state index in [1.807, 2.05) is 43.3 Å². The predicted octanol–water partition coefficient (Wildman–Crippen LogP) is 2.45. The van der Waals surface area contributed by atoms with Gasteiger partial charge in [-0.3, -0.25) is 9.59 Å². The molecular weight excluding hydrogens is 360 g/mol.